The van der Waals surface area contributed by atoms with Crippen molar-refractivity contribution in [3.8, 4) is 17.2 Å². The van der Waals surface area contributed by atoms with Crippen LogP contribution in [0.2, 0.25) is 0 Å². The van der Waals surface area contributed by atoms with Crippen molar-refractivity contribution >= 4 is 22.2 Å². The molecule has 0 aliphatic heterocycles. The van der Waals surface area contributed by atoms with Crippen molar-refractivity contribution in [1.29, 1.82) is 0 Å². The first-order valence-electron chi connectivity index (χ1n) is 6.67. The number of methoxy groups -OCH3 is 2. The largest absolute Gasteiger partial charge is 0.534 e. The molecule has 0 saturated heterocycles. The highest BCUT2D eigenvalue weighted by molar-refractivity contribution is 7.88. The first-order chi connectivity index (χ1) is 11.6. The molecule has 0 bridgehead atoms. The zero-order chi connectivity index (χ0) is 19.3. The van der Waals surface area contributed by atoms with E-state index in [4.69, 9.17) is 9.47 Å². The Morgan fingerprint density at radius 1 is 1.16 bits per heavy atom. The fourth-order valence-electron chi connectivity index (χ4n) is 1.59. The highest BCUT2D eigenvalue weighted by atomic mass is 32.2. The number of hydrogen-bond acceptors (Lipinski definition) is 7. The van der Waals surface area contributed by atoms with Gasteiger partial charge in [-0.15, -0.1) is 0 Å². The molecule has 7 nitrogen and oxygen atoms in total. The third-order valence-electron chi connectivity index (χ3n) is 2.66. The average molecular weight is 384 g/mol. The number of benzene rings is 1. The molecule has 0 unspecified atom stereocenters. The van der Waals surface area contributed by atoms with E-state index in [0.717, 1.165) is 20.3 Å². The fourth-order valence-corrected chi connectivity index (χ4v) is 2.07. The molecule has 0 spiro atoms. The van der Waals surface area contributed by atoms with Crippen LogP contribution in [0.5, 0.6) is 17.2 Å². The first kappa shape index (κ1) is 20.6. The lowest BCUT2D eigenvalue weighted by molar-refractivity contribution is -0.137. The van der Waals surface area contributed by atoms with E-state index in [9.17, 15) is 26.4 Å². The Morgan fingerprint density at radius 2 is 1.68 bits per heavy atom. The molecular formula is C14H15F3O7S. The van der Waals surface area contributed by atoms with Crippen molar-refractivity contribution in [2.45, 2.75) is 12.4 Å². The van der Waals surface area contributed by atoms with Gasteiger partial charge >= 0.3 is 21.6 Å². The van der Waals surface area contributed by atoms with Gasteiger partial charge in [0.2, 0.25) is 5.75 Å². The van der Waals surface area contributed by atoms with Crippen molar-refractivity contribution in [1.82, 2.24) is 0 Å². The monoisotopic (exact) mass is 384 g/mol. The predicted molar refractivity (Wildman–Crippen MR) is 80.8 cm³/mol. The van der Waals surface area contributed by atoms with Gasteiger partial charge in [-0.25, -0.2) is 4.79 Å². The molecule has 1 aromatic carbocycles. The molecule has 1 aromatic rings. The first-order valence-corrected chi connectivity index (χ1v) is 8.08. The summed E-state index contributed by atoms with van der Waals surface area (Å²) in [5.74, 6) is -2.08. The molecule has 0 atom stereocenters. The second-order valence-corrected chi connectivity index (χ2v) is 5.86. The fraction of sp³-hybridized carbons (Fsp3) is 0.357. The number of halogens is 3. The Bertz CT molecular complexity index is 729. The molecule has 11 heteroatoms. The molecule has 0 radical (unpaired) electrons. The quantitative estimate of drug-likeness (QED) is 0.309. The Kier molecular flexibility index (Phi) is 6.68. The Hall–Kier alpha value is -2.43. The summed E-state index contributed by atoms with van der Waals surface area (Å²) >= 11 is 0. The minimum atomic E-state index is -5.91. The molecule has 0 N–H and O–H groups in total. The Balaban J connectivity index is 3.31. The number of alkyl halides is 3. The summed E-state index contributed by atoms with van der Waals surface area (Å²) in [5, 5.41) is 0. The van der Waals surface area contributed by atoms with Crippen LogP contribution in [0.15, 0.2) is 18.2 Å². The lowest BCUT2D eigenvalue weighted by Crippen LogP contribution is -2.28. The summed E-state index contributed by atoms with van der Waals surface area (Å²) in [7, 11) is -3.72. The van der Waals surface area contributed by atoms with Gasteiger partial charge in [0.1, 0.15) is 0 Å². The van der Waals surface area contributed by atoms with E-state index in [1.165, 1.54) is 18.2 Å². The zero-order valence-corrected chi connectivity index (χ0v) is 14.2. The van der Waals surface area contributed by atoms with Crippen molar-refractivity contribution < 1.29 is 44.8 Å². The molecular weight excluding hydrogens is 369 g/mol. The highest BCUT2D eigenvalue weighted by Crippen LogP contribution is 2.41. The van der Waals surface area contributed by atoms with Crippen molar-refractivity contribution in [3.63, 3.8) is 0 Å². The van der Waals surface area contributed by atoms with Gasteiger partial charge in [0, 0.05) is 6.08 Å². The molecule has 140 valence electrons. The van der Waals surface area contributed by atoms with Crippen LogP contribution in [0.1, 0.15) is 12.5 Å². The van der Waals surface area contributed by atoms with Gasteiger partial charge in [0.05, 0.1) is 20.8 Å². The Morgan fingerprint density at radius 3 is 2.08 bits per heavy atom. The summed E-state index contributed by atoms with van der Waals surface area (Å²) in [4.78, 5) is 11.3. The summed E-state index contributed by atoms with van der Waals surface area (Å²) in [5.41, 5.74) is -5.34. The van der Waals surface area contributed by atoms with Crippen LogP contribution < -0.4 is 13.7 Å². The maximum atomic E-state index is 12.5. The number of esters is 1. The van der Waals surface area contributed by atoms with Gasteiger partial charge in [-0.3, -0.25) is 0 Å². The van der Waals surface area contributed by atoms with Crippen LogP contribution in [0.25, 0.3) is 6.08 Å². The second-order valence-electron chi connectivity index (χ2n) is 4.32. The third-order valence-corrected chi connectivity index (χ3v) is 3.61. The summed E-state index contributed by atoms with van der Waals surface area (Å²) in [6, 6.07) is 2.33. The summed E-state index contributed by atoms with van der Waals surface area (Å²) in [6.45, 7) is 1.78. The molecule has 0 fully saturated rings. The van der Waals surface area contributed by atoms with Crippen LogP contribution in [0, 0.1) is 0 Å². The lowest BCUT2D eigenvalue weighted by Gasteiger charge is -2.15. The topological polar surface area (TPSA) is 88.1 Å². The SMILES string of the molecule is CCOC(=O)/C=C/c1cc(OC)c(OS(=O)(=O)C(F)(F)F)c(OC)c1. The normalized spacial score (nSPS) is 12.1. The molecule has 0 heterocycles. The van der Waals surface area contributed by atoms with Gasteiger partial charge in [-0.2, -0.15) is 21.6 Å². The number of carbonyl (C=O) groups is 1. The smallest absolute Gasteiger partial charge is 0.493 e. The maximum Gasteiger partial charge on any atom is 0.534 e. The van der Waals surface area contributed by atoms with Crippen molar-refractivity contribution in [3.05, 3.63) is 23.8 Å². The van der Waals surface area contributed by atoms with Crippen LogP contribution >= 0.6 is 0 Å². The van der Waals surface area contributed by atoms with Gasteiger partial charge in [-0.05, 0) is 30.7 Å². The zero-order valence-electron chi connectivity index (χ0n) is 13.4. The minimum Gasteiger partial charge on any atom is -0.493 e. The van der Waals surface area contributed by atoms with E-state index in [1.54, 1.807) is 6.92 Å². The van der Waals surface area contributed by atoms with Gasteiger partial charge in [0.25, 0.3) is 0 Å². The van der Waals surface area contributed by atoms with Gasteiger partial charge < -0.3 is 18.4 Å². The van der Waals surface area contributed by atoms with Crippen LogP contribution in [-0.2, 0) is 19.6 Å². The van der Waals surface area contributed by atoms with Crippen molar-refractivity contribution in [2.75, 3.05) is 20.8 Å². The molecule has 0 aliphatic carbocycles. The lowest BCUT2D eigenvalue weighted by atomic mass is 10.1. The van der Waals surface area contributed by atoms with Crippen LogP contribution in [0.4, 0.5) is 13.2 Å². The van der Waals surface area contributed by atoms with E-state index in [1.807, 2.05) is 0 Å². The summed E-state index contributed by atoms with van der Waals surface area (Å²) < 4.78 is 78.4. The van der Waals surface area contributed by atoms with E-state index in [2.05, 4.69) is 8.92 Å². The maximum absolute atomic E-state index is 12.5. The third kappa shape index (κ3) is 5.28. The highest BCUT2D eigenvalue weighted by Gasteiger charge is 2.49. The molecule has 25 heavy (non-hydrogen) atoms. The number of carbonyl (C=O) groups excluding carboxylic acids is 1. The number of ether oxygens (including phenoxy) is 3. The summed E-state index contributed by atoms with van der Waals surface area (Å²) in [6.07, 6.45) is 2.36. The van der Waals surface area contributed by atoms with Crippen LogP contribution in [0.3, 0.4) is 0 Å². The second kappa shape index (κ2) is 8.10. The van der Waals surface area contributed by atoms with Crippen LogP contribution in [-0.4, -0.2) is 40.7 Å². The van der Waals surface area contributed by atoms with E-state index in [0.29, 0.717) is 0 Å². The molecule has 0 amide bonds. The number of rotatable bonds is 7. The molecule has 1 rings (SSSR count). The molecule has 0 saturated carbocycles. The number of hydrogen-bond donors (Lipinski definition) is 0. The molecule has 0 aliphatic rings. The van der Waals surface area contributed by atoms with Crippen molar-refractivity contribution in [2.24, 2.45) is 0 Å². The minimum absolute atomic E-state index is 0.165. The standard InChI is InChI=1S/C14H15F3O7S/c1-4-23-12(18)6-5-9-7-10(21-2)13(11(8-9)22-3)24-25(19,20)14(15,16)17/h5-8H,4H2,1-3H3/b6-5+. The van der Waals surface area contributed by atoms with E-state index < -0.39 is 27.3 Å². The van der Waals surface area contributed by atoms with E-state index in [-0.39, 0.29) is 23.7 Å². The molecule has 0 aromatic heterocycles. The van der Waals surface area contributed by atoms with Gasteiger partial charge in [0.15, 0.2) is 11.5 Å². The Labute approximate surface area is 142 Å². The van der Waals surface area contributed by atoms with Gasteiger partial charge in [-0.1, -0.05) is 0 Å². The van der Waals surface area contributed by atoms with E-state index >= 15 is 0 Å². The average Bonchev–Trinajstić information content (AvgIpc) is 2.52. The predicted octanol–water partition coefficient (Wildman–Crippen LogP) is 2.51.